The lowest BCUT2D eigenvalue weighted by atomic mass is 10.0. The summed E-state index contributed by atoms with van der Waals surface area (Å²) in [6, 6.07) is 13.0. The summed E-state index contributed by atoms with van der Waals surface area (Å²) in [6.45, 7) is 5.82. The van der Waals surface area contributed by atoms with Crippen LogP contribution in [0, 0.1) is 17.0 Å². The quantitative estimate of drug-likeness (QED) is 0.547. The van der Waals surface area contributed by atoms with Gasteiger partial charge in [0.2, 0.25) is 10.0 Å². The van der Waals surface area contributed by atoms with Crippen LogP contribution in [0.4, 0.5) is 5.69 Å². The van der Waals surface area contributed by atoms with Crippen LogP contribution < -0.4 is 4.72 Å². The first-order chi connectivity index (χ1) is 13.8. The van der Waals surface area contributed by atoms with Crippen LogP contribution in [0.3, 0.4) is 0 Å². The van der Waals surface area contributed by atoms with Crippen molar-refractivity contribution in [2.45, 2.75) is 17.9 Å². The molecular formula is C20H26N4O4S. The Morgan fingerprint density at radius 1 is 1.03 bits per heavy atom. The molecule has 0 aromatic heterocycles. The predicted molar refractivity (Wildman–Crippen MR) is 111 cm³/mol. The summed E-state index contributed by atoms with van der Waals surface area (Å²) < 4.78 is 28.2. The molecule has 1 aliphatic heterocycles. The Bertz CT molecular complexity index is 937. The molecule has 1 N–H and O–H groups in total. The van der Waals surface area contributed by atoms with Crippen molar-refractivity contribution in [3.05, 3.63) is 69.8 Å². The number of benzene rings is 2. The Balaban J connectivity index is 1.78. The van der Waals surface area contributed by atoms with E-state index in [0.717, 1.165) is 37.3 Å². The first-order valence-corrected chi connectivity index (χ1v) is 11.0. The molecule has 0 bridgehead atoms. The van der Waals surface area contributed by atoms with Crippen molar-refractivity contribution in [3.63, 3.8) is 0 Å². The average Bonchev–Trinajstić information content (AvgIpc) is 2.70. The van der Waals surface area contributed by atoms with E-state index in [2.05, 4.69) is 21.6 Å². The normalized spacial score (nSPS) is 17.2. The van der Waals surface area contributed by atoms with E-state index in [1.54, 1.807) is 0 Å². The minimum Gasteiger partial charge on any atom is -0.304 e. The molecule has 0 saturated carbocycles. The zero-order valence-corrected chi connectivity index (χ0v) is 17.4. The SMILES string of the molecule is Cc1ccc([C@H](CNS(=O)(=O)c2ccc([N+](=O)[O-])cc2)N2CCN(C)CC2)cc1. The van der Waals surface area contributed by atoms with Gasteiger partial charge in [-0.3, -0.25) is 15.0 Å². The van der Waals surface area contributed by atoms with Crippen LogP contribution in [0.5, 0.6) is 0 Å². The van der Waals surface area contributed by atoms with Gasteiger partial charge in [0.15, 0.2) is 0 Å². The summed E-state index contributed by atoms with van der Waals surface area (Å²) >= 11 is 0. The third kappa shape index (κ3) is 5.39. The number of nitrogens with one attached hydrogen (secondary N) is 1. The first kappa shape index (κ1) is 21.4. The highest BCUT2D eigenvalue weighted by molar-refractivity contribution is 7.89. The van der Waals surface area contributed by atoms with Gasteiger partial charge in [-0.2, -0.15) is 0 Å². The van der Waals surface area contributed by atoms with Crippen LogP contribution >= 0.6 is 0 Å². The highest BCUT2D eigenvalue weighted by atomic mass is 32.2. The molecule has 1 aliphatic rings. The number of non-ortho nitro benzene ring substituents is 1. The zero-order valence-electron chi connectivity index (χ0n) is 16.6. The van der Waals surface area contributed by atoms with Gasteiger partial charge in [0.05, 0.1) is 9.82 Å². The van der Waals surface area contributed by atoms with E-state index in [0.29, 0.717) is 0 Å². The smallest absolute Gasteiger partial charge is 0.269 e. The van der Waals surface area contributed by atoms with Crippen molar-refractivity contribution in [2.24, 2.45) is 0 Å². The lowest BCUT2D eigenvalue weighted by Crippen LogP contribution is -2.48. The minimum atomic E-state index is -3.77. The molecule has 2 aromatic carbocycles. The second-order valence-corrected chi connectivity index (χ2v) is 9.14. The summed E-state index contributed by atoms with van der Waals surface area (Å²) in [5, 5.41) is 10.8. The number of likely N-dealkylation sites (N-methyl/N-ethyl adjacent to an activating group) is 1. The van der Waals surface area contributed by atoms with E-state index >= 15 is 0 Å². The summed E-state index contributed by atoms with van der Waals surface area (Å²) in [7, 11) is -1.69. The maximum atomic E-state index is 12.7. The van der Waals surface area contributed by atoms with Crippen LogP contribution in [-0.4, -0.2) is 62.9 Å². The van der Waals surface area contributed by atoms with Crippen LogP contribution in [0.2, 0.25) is 0 Å². The van der Waals surface area contributed by atoms with Gasteiger partial charge in [-0.05, 0) is 31.7 Å². The number of nitrogens with zero attached hydrogens (tertiary/aromatic N) is 3. The Kier molecular flexibility index (Phi) is 6.63. The predicted octanol–water partition coefficient (Wildman–Crippen LogP) is 2.17. The highest BCUT2D eigenvalue weighted by Gasteiger charge is 2.26. The molecule has 1 atom stereocenters. The fraction of sp³-hybridized carbons (Fsp3) is 0.400. The monoisotopic (exact) mass is 418 g/mol. The molecule has 0 radical (unpaired) electrons. The molecular weight excluding hydrogens is 392 g/mol. The van der Waals surface area contributed by atoms with Crippen LogP contribution in [0.25, 0.3) is 0 Å². The third-order valence-electron chi connectivity index (χ3n) is 5.27. The second-order valence-electron chi connectivity index (χ2n) is 7.37. The Hall–Kier alpha value is -2.33. The van der Waals surface area contributed by atoms with Gasteiger partial charge in [-0.1, -0.05) is 29.8 Å². The van der Waals surface area contributed by atoms with Gasteiger partial charge in [0.1, 0.15) is 0 Å². The first-order valence-electron chi connectivity index (χ1n) is 9.49. The number of hydrogen-bond donors (Lipinski definition) is 1. The van der Waals surface area contributed by atoms with Gasteiger partial charge in [0.25, 0.3) is 5.69 Å². The van der Waals surface area contributed by atoms with Gasteiger partial charge < -0.3 is 4.90 Å². The molecule has 1 fully saturated rings. The topological polar surface area (TPSA) is 95.8 Å². The number of nitro groups is 1. The van der Waals surface area contributed by atoms with Crippen molar-refractivity contribution < 1.29 is 13.3 Å². The van der Waals surface area contributed by atoms with Gasteiger partial charge in [-0.15, -0.1) is 0 Å². The average molecular weight is 419 g/mol. The Morgan fingerprint density at radius 3 is 2.17 bits per heavy atom. The lowest BCUT2D eigenvalue weighted by molar-refractivity contribution is -0.384. The van der Waals surface area contributed by atoms with Crippen LogP contribution in [0.15, 0.2) is 53.4 Å². The van der Waals surface area contributed by atoms with E-state index in [4.69, 9.17) is 0 Å². The number of rotatable bonds is 7. The van der Waals surface area contributed by atoms with E-state index in [9.17, 15) is 18.5 Å². The number of hydrogen-bond acceptors (Lipinski definition) is 6. The second kappa shape index (κ2) is 9.00. The molecule has 9 heteroatoms. The Morgan fingerprint density at radius 2 is 1.62 bits per heavy atom. The number of nitro benzene ring substituents is 1. The van der Waals surface area contributed by atoms with E-state index < -0.39 is 14.9 Å². The molecule has 2 aromatic rings. The summed E-state index contributed by atoms with van der Waals surface area (Å²) in [4.78, 5) is 14.8. The van der Waals surface area contributed by atoms with E-state index in [1.807, 2.05) is 31.2 Å². The molecule has 1 heterocycles. The molecule has 0 unspecified atom stereocenters. The molecule has 156 valence electrons. The van der Waals surface area contributed by atoms with Crippen LogP contribution in [-0.2, 0) is 10.0 Å². The van der Waals surface area contributed by atoms with Gasteiger partial charge >= 0.3 is 0 Å². The summed E-state index contributed by atoms with van der Waals surface area (Å²) in [5.74, 6) is 0. The van der Waals surface area contributed by atoms with Crippen molar-refractivity contribution in [2.75, 3.05) is 39.8 Å². The maximum absolute atomic E-state index is 12.7. The minimum absolute atomic E-state index is 0.0177. The number of piperazine rings is 1. The Labute approximate surface area is 171 Å². The standard InChI is InChI=1S/C20H26N4O4S/c1-16-3-5-17(6-4-16)20(23-13-11-22(2)12-14-23)15-21-29(27,28)19-9-7-18(8-10-19)24(25)26/h3-10,20-21H,11-15H2,1-2H3/t20-/m0/s1. The van der Waals surface area contributed by atoms with Crippen LogP contribution in [0.1, 0.15) is 17.2 Å². The molecule has 1 saturated heterocycles. The van der Waals surface area contributed by atoms with Gasteiger partial charge in [0, 0.05) is 50.9 Å². The molecule has 0 amide bonds. The van der Waals surface area contributed by atoms with E-state index in [1.165, 1.54) is 24.3 Å². The molecule has 8 nitrogen and oxygen atoms in total. The number of sulfonamides is 1. The van der Waals surface area contributed by atoms with Gasteiger partial charge in [-0.25, -0.2) is 13.1 Å². The van der Waals surface area contributed by atoms with Crippen molar-refractivity contribution in [1.82, 2.24) is 14.5 Å². The highest BCUT2D eigenvalue weighted by Crippen LogP contribution is 2.23. The molecule has 0 spiro atoms. The summed E-state index contributed by atoms with van der Waals surface area (Å²) in [5.41, 5.74) is 2.07. The van der Waals surface area contributed by atoms with Crippen molar-refractivity contribution in [3.8, 4) is 0 Å². The fourth-order valence-electron chi connectivity index (χ4n) is 3.40. The maximum Gasteiger partial charge on any atom is 0.269 e. The lowest BCUT2D eigenvalue weighted by Gasteiger charge is -2.38. The molecule has 3 rings (SSSR count). The molecule has 29 heavy (non-hydrogen) atoms. The van der Waals surface area contributed by atoms with Crippen molar-refractivity contribution in [1.29, 1.82) is 0 Å². The zero-order chi connectivity index (χ0) is 21.0. The number of aryl methyl sites for hydroxylation is 1. The molecule has 0 aliphatic carbocycles. The van der Waals surface area contributed by atoms with E-state index in [-0.39, 0.29) is 23.2 Å². The summed E-state index contributed by atoms with van der Waals surface area (Å²) in [6.07, 6.45) is 0. The third-order valence-corrected chi connectivity index (χ3v) is 6.70. The fourth-order valence-corrected chi connectivity index (χ4v) is 4.44. The largest absolute Gasteiger partial charge is 0.304 e. The van der Waals surface area contributed by atoms with Crippen molar-refractivity contribution >= 4 is 15.7 Å².